The van der Waals surface area contributed by atoms with Crippen LogP contribution in [0, 0.1) is 0 Å². The number of nitrogens with one attached hydrogen (secondary N) is 2. The van der Waals surface area contributed by atoms with Crippen LogP contribution in [-0.2, 0) is 16.1 Å². The van der Waals surface area contributed by atoms with E-state index >= 15 is 0 Å². The van der Waals surface area contributed by atoms with E-state index < -0.39 is 11.8 Å². The Labute approximate surface area is 106 Å². The first-order valence-corrected chi connectivity index (χ1v) is 5.90. The summed E-state index contributed by atoms with van der Waals surface area (Å²) in [4.78, 5) is 22.9. The molecule has 5 nitrogen and oxygen atoms in total. The van der Waals surface area contributed by atoms with Crippen LogP contribution in [0.5, 0.6) is 0 Å². The molecule has 0 saturated carbocycles. The van der Waals surface area contributed by atoms with Gasteiger partial charge in [-0.15, -0.1) is 0 Å². The maximum absolute atomic E-state index is 11.5. The number of hydrogen-bond donors (Lipinski definition) is 3. The van der Waals surface area contributed by atoms with Crippen molar-refractivity contribution in [3.63, 3.8) is 0 Å². The fourth-order valence-corrected chi connectivity index (χ4v) is 1.39. The van der Waals surface area contributed by atoms with Crippen molar-refractivity contribution >= 4 is 11.8 Å². The molecular weight excluding hydrogens is 232 g/mol. The van der Waals surface area contributed by atoms with Gasteiger partial charge in [0.2, 0.25) is 0 Å². The van der Waals surface area contributed by atoms with Crippen LogP contribution in [0.4, 0.5) is 0 Å². The van der Waals surface area contributed by atoms with Crippen molar-refractivity contribution in [3.8, 4) is 0 Å². The number of aliphatic hydroxyl groups excluding tert-OH is 1. The highest BCUT2D eigenvalue weighted by atomic mass is 16.3. The minimum Gasteiger partial charge on any atom is -0.394 e. The molecule has 0 aromatic heterocycles. The van der Waals surface area contributed by atoms with E-state index in [0.29, 0.717) is 13.0 Å². The second-order valence-corrected chi connectivity index (χ2v) is 3.93. The first kappa shape index (κ1) is 14.2. The Bertz CT molecular complexity index is 388. The van der Waals surface area contributed by atoms with Gasteiger partial charge >= 0.3 is 11.8 Å². The van der Waals surface area contributed by atoms with Crippen molar-refractivity contribution in [1.82, 2.24) is 10.6 Å². The molecule has 18 heavy (non-hydrogen) atoms. The first-order valence-electron chi connectivity index (χ1n) is 5.90. The van der Waals surface area contributed by atoms with Gasteiger partial charge in [-0.3, -0.25) is 9.59 Å². The molecule has 0 spiro atoms. The van der Waals surface area contributed by atoms with Crippen LogP contribution < -0.4 is 10.6 Å². The number of carbonyl (C=O) groups excluding carboxylic acids is 2. The summed E-state index contributed by atoms with van der Waals surface area (Å²) in [6.45, 7) is 1.96. The Kier molecular flexibility index (Phi) is 5.87. The molecule has 5 heteroatoms. The molecule has 0 aliphatic heterocycles. The molecule has 0 aliphatic rings. The summed E-state index contributed by atoms with van der Waals surface area (Å²) in [5.74, 6) is -1.41. The van der Waals surface area contributed by atoms with Gasteiger partial charge in [-0.2, -0.15) is 0 Å². The SMILES string of the molecule is CCC(CO)NC(=O)C(=O)NCc1ccccc1. The lowest BCUT2D eigenvalue weighted by molar-refractivity contribution is -0.139. The largest absolute Gasteiger partial charge is 0.394 e. The van der Waals surface area contributed by atoms with E-state index in [-0.39, 0.29) is 12.6 Å². The van der Waals surface area contributed by atoms with Gasteiger partial charge in [0.25, 0.3) is 0 Å². The highest BCUT2D eigenvalue weighted by Gasteiger charge is 2.16. The van der Waals surface area contributed by atoms with Crippen molar-refractivity contribution in [3.05, 3.63) is 35.9 Å². The summed E-state index contributed by atoms with van der Waals surface area (Å²) < 4.78 is 0. The van der Waals surface area contributed by atoms with Crippen molar-refractivity contribution in [2.24, 2.45) is 0 Å². The third kappa shape index (κ3) is 4.55. The van der Waals surface area contributed by atoms with Crippen LogP contribution in [-0.4, -0.2) is 29.6 Å². The number of rotatable bonds is 5. The Balaban J connectivity index is 2.39. The zero-order valence-electron chi connectivity index (χ0n) is 10.3. The van der Waals surface area contributed by atoms with E-state index in [1.807, 2.05) is 37.3 Å². The smallest absolute Gasteiger partial charge is 0.309 e. The molecule has 2 amide bonds. The molecule has 0 radical (unpaired) electrons. The molecule has 0 saturated heterocycles. The van der Waals surface area contributed by atoms with Crippen LogP contribution in [0.25, 0.3) is 0 Å². The lowest BCUT2D eigenvalue weighted by Gasteiger charge is -2.13. The number of aliphatic hydroxyl groups is 1. The summed E-state index contributed by atoms with van der Waals surface area (Å²) in [5.41, 5.74) is 0.924. The van der Waals surface area contributed by atoms with Gasteiger partial charge in [-0.1, -0.05) is 37.3 Å². The van der Waals surface area contributed by atoms with Crippen molar-refractivity contribution in [2.45, 2.75) is 25.9 Å². The molecule has 3 N–H and O–H groups in total. The van der Waals surface area contributed by atoms with Gasteiger partial charge in [0.15, 0.2) is 0 Å². The van der Waals surface area contributed by atoms with Crippen molar-refractivity contribution < 1.29 is 14.7 Å². The third-order valence-corrected chi connectivity index (χ3v) is 2.55. The van der Waals surface area contributed by atoms with Crippen LogP contribution in [0.2, 0.25) is 0 Å². The van der Waals surface area contributed by atoms with Crippen LogP contribution in [0.3, 0.4) is 0 Å². The Hall–Kier alpha value is -1.88. The Morgan fingerprint density at radius 3 is 2.44 bits per heavy atom. The highest BCUT2D eigenvalue weighted by molar-refractivity contribution is 6.35. The lowest BCUT2D eigenvalue weighted by Crippen LogP contribution is -2.45. The van der Waals surface area contributed by atoms with Crippen LogP contribution >= 0.6 is 0 Å². The summed E-state index contributed by atoms with van der Waals surface area (Å²) in [7, 11) is 0. The van der Waals surface area contributed by atoms with Crippen LogP contribution in [0.15, 0.2) is 30.3 Å². The normalized spacial score (nSPS) is 11.7. The molecule has 1 aromatic rings. The monoisotopic (exact) mass is 250 g/mol. The highest BCUT2D eigenvalue weighted by Crippen LogP contribution is 1.97. The van der Waals surface area contributed by atoms with E-state index in [0.717, 1.165) is 5.56 Å². The van der Waals surface area contributed by atoms with E-state index in [1.165, 1.54) is 0 Å². The van der Waals surface area contributed by atoms with Gasteiger partial charge in [0.1, 0.15) is 0 Å². The predicted molar refractivity (Wildman–Crippen MR) is 67.6 cm³/mol. The number of benzene rings is 1. The predicted octanol–water partition coefficient (Wildman–Crippen LogP) is 0.190. The molecule has 1 rings (SSSR count). The van der Waals surface area contributed by atoms with Gasteiger partial charge in [0.05, 0.1) is 12.6 Å². The number of amides is 2. The molecule has 0 aliphatic carbocycles. The van der Waals surface area contributed by atoms with Crippen molar-refractivity contribution in [1.29, 1.82) is 0 Å². The van der Waals surface area contributed by atoms with E-state index in [1.54, 1.807) is 0 Å². The maximum atomic E-state index is 11.5. The minimum atomic E-state index is -0.716. The summed E-state index contributed by atoms with van der Waals surface area (Å²) in [6, 6.07) is 8.95. The molecule has 0 bridgehead atoms. The lowest BCUT2D eigenvalue weighted by atomic mass is 10.2. The number of hydrogen-bond acceptors (Lipinski definition) is 3. The molecule has 98 valence electrons. The fourth-order valence-electron chi connectivity index (χ4n) is 1.39. The third-order valence-electron chi connectivity index (χ3n) is 2.55. The molecule has 0 fully saturated rings. The Morgan fingerprint density at radius 2 is 1.89 bits per heavy atom. The number of carbonyl (C=O) groups is 2. The maximum Gasteiger partial charge on any atom is 0.309 e. The molecular formula is C13H18N2O3. The summed E-state index contributed by atoms with van der Waals surface area (Å²) in [6.07, 6.45) is 0.578. The molecule has 1 unspecified atom stereocenters. The molecule has 1 aromatic carbocycles. The standard InChI is InChI=1S/C13H18N2O3/c1-2-11(9-16)15-13(18)12(17)14-8-10-6-4-3-5-7-10/h3-7,11,16H,2,8-9H2,1H3,(H,14,17)(H,15,18). The van der Waals surface area contributed by atoms with Crippen LogP contribution in [0.1, 0.15) is 18.9 Å². The minimum absolute atomic E-state index is 0.172. The Morgan fingerprint density at radius 1 is 1.22 bits per heavy atom. The molecule has 1 atom stereocenters. The quantitative estimate of drug-likeness (QED) is 0.653. The summed E-state index contributed by atoms with van der Waals surface area (Å²) in [5, 5.41) is 13.9. The van der Waals surface area contributed by atoms with Crippen molar-refractivity contribution in [2.75, 3.05) is 6.61 Å². The second kappa shape index (κ2) is 7.45. The van der Waals surface area contributed by atoms with Gasteiger partial charge in [-0.05, 0) is 12.0 Å². The zero-order valence-corrected chi connectivity index (χ0v) is 10.3. The topological polar surface area (TPSA) is 78.4 Å². The van der Waals surface area contributed by atoms with E-state index in [9.17, 15) is 9.59 Å². The first-order chi connectivity index (χ1) is 8.67. The van der Waals surface area contributed by atoms with E-state index in [4.69, 9.17) is 5.11 Å². The van der Waals surface area contributed by atoms with Gasteiger partial charge in [0, 0.05) is 6.54 Å². The van der Waals surface area contributed by atoms with E-state index in [2.05, 4.69) is 10.6 Å². The zero-order chi connectivity index (χ0) is 13.4. The molecule has 0 heterocycles. The average molecular weight is 250 g/mol. The second-order valence-electron chi connectivity index (χ2n) is 3.93. The average Bonchev–Trinajstić information content (AvgIpc) is 2.42. The van der Waals surface area contributed by atoms with Gasteiger partial charge in [-0.25, -0.2) is 0 Å². The fraction of sp³-hybridized carbons (Fsp3) is 0.385. The summed E-state index contributed by atoms with van der Waals surface area (Å²) >= 11 is 0. The van der Waals surface area contributed by atoms with Gasteiger partial charge < -0.3 is 15.7 Å².